The van der Waals surface area contributed by atoms with Crippen LogP contribution in [0.3, 0.4) is 0 Å². The summed E-state index contributed by atoms with van der Waals surface area (Å²) in [4.78, 5) is 10.6. The Bertz CT molecular complexity index is 385. The highest BCUT2D eigenvalue weighted by Crippen LogP contribution is 2.30. The molecule has 17 heavy (non-hydrogen) atoms. The molecule has 1 rings (SSSR count). The van der Waals surface area contributed by atoms with Crippen molar-refractivity contribution in [2.45, 2.75) is 18.4 Å². The normalized spacial score (nSPS) is 23.7. The standard InChI is InChI=1S/C8H14F2N2O4S/c1-17(14,15)12-3-2-11-5-6-4-8(9,10)7(13)16-6/h6,11-12H,2-5H2,1H3. The summed E-state index contributed by atoms with van der Waals surface area (Å²) in [7, 11) is -3.25. The molecule has 0 saturated carbocycles. The Balaban J connectivity index is 2.15. The first-order valence-electron chi connectivity index (χ1n) is 4.95. The Kier molecular flexibility index (Phi) is 4.39. The number of alkyl halides is 2. The fourth-order valence-corrected chi connectivity index (χ4v) is 1.82. The molecule has 1 unspecified atom stereocenters. The van der Waals surface area contributed by atoms with E-state index >= 15 is 0 Å². The van der Waals surface area contributed by atoms with Crippen molar-refractivity contribution in [3.05, 3.63) is 0 Å². The summed E-state index contributed by atoms with van der Waals surface area (Å²) in [5.41, 5.74) is 0. The van der Waals surface area contributed by atoms with Crippen LogP contribution in [-0.2, 0) is 19.6 Å². The minimum atomic E-state index is -3.41. The number of carbonyl (C=O) groups excluding carboxylic acids is 1. The molecule has 100 valence electrons. The molecule has 0 aliphatic carbocycles. The third-order valence-corrected chi connectivity index (χ3v) is 2.82. The van der Waals surface area contributed by atoms with Gasteiger partial charge in [0.1, 0.15) is 6.10 Å². The van der Waals surface area contributed by atoms with Crippen molar-refractivity contribution < 1.29 is 26.7 Å². The number of ether oxygens (including phenoxy) is 1. The van der Waals surface area contributed by atoms with Gasteiger partial charge in [0.2, 0.25) is 10.0 Å². The van der Waals surface area contributed by atoms with Crippen molar-refractivity contribution in [1.82, 2.24) is 10.0 Å². The molecule has 6 nitrogen and oxygen atoms in total. The maximum atomic E-state index is 12.7. The second-order valence-corrected chi connectivity index (χ2v) is 5.64. The third kappa shape index (κ3) is 4.92. The number of esters is 1. The van der Waals surface area contributed by atoms with E-state index in [1.807, 2.05) is 0 Å². The second kappa shape index (κ2) is 5.23. The van der Waals surface area contributed by atoms with Gasteiger partial charge in [-0.15, -0.1) is 0 Å². The molecule has 2 N–H and O–H groups in total. The maximum absolute atomic E-state index is 12.7. The highest BCUT2D eigenvalue weighted by Gasteiger charge is 2.50. The monoisotopic (exact) mass is 272 g/mol. The number of nitrogens with one attached hydrogen (secondary N) is 2. The summed E-state index contributed by atoms with van der Waals surface area (Å²) in [5.74, 6) is -4.91. The molecule has 0 amide bonds. The Hall–Kier alpha value is -0.800. The van der Waals surface area contributed by atoms with Crippen LogP contribution in [0.25, 0.3) is 0 Å². The van der Waals surface area contributed by atoms with Gasteiger partial charge in [0.05, 0.1) is 12.7 Å². The topological polar surface area (TPSA) is 84.5 Å². The summed E-state index contributed by atoms with van der Waals surface area (Å²) >= 11 is 0. The van der Waals surface area contributed by atoms with Crippen LogP contribution in [-0.4, -0.2) is 52.3 Å². The number of rotatable bonds is 6. The van der Waals surface area contributed by atoms with E-state index in [-0.39, 0.29) is 19.6 Å². The van der Waals surface area contributed by atoms with Gasteiger partial charge in [0, 0.05) is 19.6 Å². The zero-order valence-corrected chi connectivity index (χ0v) is 10.0. The van der Waals surface area contributed by atoms with E-state index < -0.39 is 34.4 Å². The quantitative estimate of drug-likeness (QED) is 0.482. The Morgan fingerprint density at radius 2 is 2.12 bits per heavy atom. The molecule has 0 aromatic carbocycles. The van der Waals surface area contributed by atoms with Crippen molar-refractivity contribution in [3.8, 4) is 0 Å². The fourth-order valence-electron chi connectivity index (χ4n) is 1.35. The Morgan fingerprint density at radius 1 is 1.47 bits per heavy atom. The van der Waals surface area contributed by atoms with Gasteiger partial charge in [-0.3, -0.25) is 0 Å². The zero-order chi connectivity index (χ0) is 13.1. The summed E-state index contributed by atoms with van der Waals surface area (Å²) < 4.78 is 53.5. The fraction of sp³-hybridized carbons (Fsp3) is 0.875. The number of sulfonamides is 1. The van der Waals surface area contributed by atoms with Crippen LogP contribution in [0.15, 0.2) is 0 Å². The molecule has 1 aliphatic rings. The highest BCUT2D eigenvalue weighted by molar-refractivity contribution is 7.88. The average molecular weight is 272 g/mol. The van der Waals surface area contributed by atoms with Crippen LogP contribution < -0.4 is 10.0 Å². The lowest BCUT2D eigenvalue weighted by Gasteiger charge is -2.09. The first-order chi connectivity index (χ1) is 7.71. The predicted octanol–water partition coefficient (Wildman–Crippen LogP) is -0.924. The number of hydrogen-bond acceptors (Lipinski definition) is 5. The van der Waals surface area contributed by atoms with Gasteiger partial charge < -0.3 is 10.1 Å². The summed E-state index contributed by atoms with van der Waals surface area (Å²) in [5, 5.41) is 2.72. The van der Waals surface area contributed by atoms with Gasteiger partial charge in [-0.25, -0.2) is 17.9 Å². The average Bonchev–Trinajstić information content (AvgIpc) is 2.38. The summed E-state index contributed by atoms with van der Waals surface area (Å²) in [6.45, 7) is 0.495. The van der Waals surface area contributed by atoms with Gasteiger partial charge in [0.25, 0.3) is 0 Å². The van der Waals surface area contributed by atoms with Crippen LogP contribution in [0.5, 0.6) is 0 Å². The number of halogens is 2. The zero-order valence-electron chi connectivity index (χ0n) is 9.20. The number of carbonyl (C=O) groups is 1. The molecule has 0 aromatic heterocycles. The molecule has 1 heterocycles. The van der Waals surface area contributed by atoms with Gasteiger partial charge >= 0.3 is 11.9 Å². The van der Waals surface area contributed by atoms with E-state index in [9.17, 15) is 22.0 Å². The van der Waals surface area contributed by atoms with Crippen LogP contribution in [0.1, 0.15) is 6.42 Å². The van der Waals surface area contributed by atoms with Crippen LogP contribution in [0.2, 0.25) is 0 Å². The molecule has 0 bridgehead atoms. The Morgan fingerprint density at radius 3 is 2.59 bits per heavy atom. The van der Waals surface area contributed by atoms with Crippen LogP contribution in [0.4, 0.5) is 8.78 Å². The molecular formula is C8H14F2N2O4S. The summed E-state index contributed by atoms with van der Waals surface area (Å²) in [6, 6.07) is 0. The van der Waals surface area contributed by atoms with Crippen LogP contribution in [0, 0.1) is 0 Å². The lowest BCUT2D eigenvalue weighted by molar-refractivity contribution is -0.158. The van der Waals surface area contributed by atoms with Gasteiger partial charge in [0.15, 0.2) is 0 Å². The minimum absolute atomic E-state index is 0.0762. The molecular weight excluding hydrogens is 258 g/mol. The first kappa shape index (κ1) is 14.3. The number of cyclic esters (lactones) is 1. The molecule has 1 aliphatic heterocycles. The van der Waals surface area contributed by atoms with Crippen molar-refractivity contribution in [2.75, 3.05) is 25.9 Å². The van der Waals surface area contributed by atoms with Crippen molar-refractivity contribution >= 4 is 16.0 Å². The largest absolute Gasteiger partial charge is 0.456 e. The minimum Gasteiger partial charge on any atom is -0.456 e. The maximum Gasteiger partial charge on any atom is 0.377 e. The smallest absolute Gasteiger partial charge is 0.377 e. The van der Waals surface area contributed by atoms with Crippen molar-refractivity contribution in [3.63, 3.8) is 0 Å². The van der Waals surface area contributed by atoms with Crippen LogP contribution >= 0.6 is 0 Å². The summed E-state index contributed by atoms with van der Waals surface area (Å²) in [6.07, 6.45) is -0.485. The molecule has 1 saturated heterocycles. The predicted molar refractivity (Wildman–Crippen MR) is 55.2 cm³/mol. The molecule has 1 atom stereocenters. The molecule has 0 spiro atoms. The first-order valence-corrected chi connectivity index (χ1v) is 6.84. The van der Waals surface area contributed by atoms with Crippen molar-refractivity contribution in [1.29, 1.82) is 0 Å². The van der Waals surface area contributed by atoms with E-state index in [1.54, 1.807) is 0 Å². The molecule has 0 aromatic rings. The highest BCUT2D eigenvalue weighted by atomic mass is 32.2. The lowest BCUT2D eigenvalue weighted by atomic mass is 10.2. The molecule has 9 heteroatoms. The lowest BCUT2D eigenvalue weighted by Crippen LogP contribution is -2.34. The molecule has 1 fully saturated rings. The van der Waals surface area contributed by atoms with E-state index in [4.69, 9.17) is 0 Å². The number of hydrogen-bond donors (Lipinski definition) is 2. The third-order valence-electron chi connectivity index (χ3n) is 2.09. The van der Waals surface area contributed by atoms with Gasteiger partial charge in [-0.05, 0) is 0 Å². The van der Waals surface area contributed by atoms with Gasteiger partial charge in [-0.2, -0.15) is 8.78 Å². The van der Waals surface area contributed by atoms with E-state index in [0.717, 1.165) is 6.26 Å². The second-order valence-electron chi connectivity index (χ2n) is 3.81. The van der Waals surface area contributed by atoms with Gasteiger partial charge in [-0.1, -0.05) is 0 Å². The molecule has 0 radical (unpaired) electrons. The van der Waals surface area contributed by atoms with E-state index in [1.165, 1.54) is 0 Å². The van der Waals surface area contributed by atoms with Crippen molar-refractivity contribution in [2.24, 2.45) is 0 Å². The van der Waals surface area contributed by atoms with E-state index in [0.29, 0.717) is 0 Å². The SMILES string of the molecule is CS(=O)(=O)NCCNCC1CC(F)(F)C(=O)O1. The van der Waals surface area contributed by atoms with E-state index in [2.05, 4.69) is 14.8 Å². The Labute approximate surface area is 97.8 Å².